The van der Waals surface area contributed by atoms with E-state index in [9.17, 15) is 14.4 Å². The van der Waals surface area contributed by atoms with Crippen LogP contribution in [0.1, 0.15) is 48.8 Å². The number of fused-ring (bicyclic) bond motifs is 1. The topological polar surface area (TPSA) is 75.7 Å². The smallest absolute Gasteiger partial charge is 0.233 e. The van der Waals surface area contributed by atoms with Crippen molar-refractivity contribution in [2.24, 2.45) is 11.8 Å². The van der Waals surface area contributed by atoms with Crippen molar-refractivity contribution < 1.29 is 19.1 Å². The van der Waals surface area contributed by atoms with Crippen molar-refractivity contribution in [2.45, 2.75) is 51.9 Å². The Balaban J connectivity index is 1.21. The van der Waals surface area contributed by atoms with Crippen LogP contribution in [0.3, 0.4) is 0 Å². The largest absolute Gasteiger partial charge is 0.372 e. The predicted molar refractivity (Wildman–Crippen MR) is 120 cm³/mol. The number of rotatable bonds is 9. The molecule has 1 heterocycles. The fraction of sp³-hybridized carbons (Fsp3) is 0.423. The fourth-order valence-corrected chi connectivity index (χ4v) is 4.64. The van der Waals surface area contributed by atoms with Gasteiger partial charge in [-0.05, 0) is 29.5 Å². The third-order valence-electron chi connectivity index (χ3n) is 6.36. The summed E-state index contributed by atoms with van der Waals surface area (Å²) < 4.78 is 5.79. The highest BCUT2D eigenvalue weighted by atomic mass is 16.5. The lowest BCUT2D eigenvalue weighted by molar-refractivity contribution is -0.140. The first-order valence-corrected chi connectivity index (χ1v) is 11.4. The van der Waals surface area contributed by atoms with Crippen molar-refractivity contribution in [3.8, 4) is 0 Å². The quantitative estimate of drug-likeness (QED) is 0.612. The minimum Gasteiger partial charge on any atom is -0.372 e. The highest BCUT2D eigenvalue weighted by molar-refractivity contribution is 6.05. The number of benzene rings is 2. The molecule has 3 amide bonds. The van der Waals surface area contributed by atoms with Crippen molar-refractivity contribution in [3.63, 3.8) is 0 Å². The van der Waals surface area contributed by atoms with E-state index in [1.165, 1.54) is 4.90 Å². The van der Waals surface area contributed by atoms with E-state index < -0.39 is 0 Å². The first kappa shape index (κ1) is 22.2. The van der Waals surface area contributed by atoms with E-state index in [2.05, 4.69) is 5.32 Å². The summed E-state index contributed by atoms with van der Waals surface area (Å²) in [6, 6.07) is 17.9. The van der Waals surface area contributed by atoms with Gasteiger partial charge in [0.2, 0.25) is 17.7 Å². The number of hydrogen-bond donors (Lipinski definition) is 1. The van der Waals surface area contributed by atoms with E-state index in [-0.39, 0.29) is 42.5 Å². The van der Waals surface area contributed by atoms with Crippen LogP contribution in [0, 0.1) is 11.8 Å². The summed E-state index contributed by atoms with van der Waals surface area (Å²) in [6.07, 6.45) is 3.74. The minimum atomic E-state index is -0.161. The molecule has 2 aromatic rings. The number of imide groups is 1. The van der Waals surface area contributed by atoms with Crippen molar-refractivity contribution >= 4 is 17.7 Å². The maximum absolute atomic E-state index is 12.5. The highest BCUT2D eigenvalue weighted by Crippen LogP contribution is 2.37. The summed E-state index contributed by atoms with van der Waals surface area (Å²) in [4.78, 5) is 38.7. The van der Waals surface area contributed by atoms with Crippen molar-refractivity contribution in [1.82, 2.24) is 10.2 Å². The van der Waals surface area contributed by atoms with Crippen LogP contribution in [0.15, 0.2) is 54.6 Å². The molecule has 0 aromatic heterocycles. The molecule has 1 aliphatic carbocycles. The summed E-state index contributed by atoms with van der Waals surface area (Å²) in [5.41, 5.74) is 3.16. The van der Waals surface area contributed by atoms with Gasteiger partial charge >= 0.3 is 0 Å². The Hall–Kier alpha value is -2.99. The molecule has 2 aliphatic rings. The zero-order chi connectivity index (χ0) is 22.3. The van der Waals surface area contributed by atoms with E-state index in [0.29, 0.717) is 19.8 Å². The van der Waals surface area contributed by atoms with E-state index in [1.54, 1.807) is 0 Å². The van der Waals surface area contributed by atoms with E-state index >= 15 is 0 Å². The molecule has 6 heteroatoms. The highest BCUT2D eigenvalue weighted by Gasteiger charge is 2.47. The molecule has 2 aromatic carbocycles. The van der Waals surface area contributed by atoms with Crippen LogP contribution in [0.4, 0.5) is 0 Å². The molecule has 0 bridgehead atoms. The Morgan fingerprint density at radius 2 is 1.50 bits per heavy atom. The Bertz CT molecular complexity index is 935. The number of amides is 3. The first-order valence-electron chi connectivity index (χ1n) is 11.4. The van der Waals surface area contributed by atoms with Crippen molar-refractivity contribution in [3.05, 3.63) is 71.3 Å². The maximum Gasteiger partial charge on any atom is 0.233 e. The molecule has 6 nitrogen and oxygen atoms in total. The second-order valence-corrected chi connectivity index (χ2v) is 8.65. The second kappa shape index (κ2) is 10.6. The van der Waals surface area contributed by atoms with Crippen LogP contribution in [0.5, 0.6) is 0 Å². The minimum absolute atomic E-state index is 0.0873. The lowest BCUT2D eigenvalue weighted by Crippen LogP contribution is -2.35. The number of carbonyl (C=O) groups excluding carboxylic acids is 3. The maximum atomic E-state index is 12.5. The van der Waals surface area contributed by atoms with Crippen LogP contribution in [0.25, 0.3) is 0 Å². The third kappa shape index (κ3) is 5.43. The number of ether oxygens (including phenoxy) is 1. The standard InChI is InChI=1S/C26H30N2O4/c29-24(13-14-28-25(30)22-11-4-5-12-23(22)26(28)31)27-16-20-9-6-10-21(15-20)18-32-17-19-7-2-1-3-8-19/h1-3,6-10,15,22-23H,4-5,11-14,16-18H2,(H,27,29). The van der Waals surface area contributed by atoms with Crippen molar-refractivity contribution in [1.29, 1.82) is 0 Å². The zero-order valence-corrected chi connectivity index (χ0v) is 18.3. The van der Waals surface area contributed by atoms with E-state index in [1.807, 2.05) is 54.6 Å². The average Bonchev–Trinajstić information content (AvgIpc) is 3.07. The monoisotopic (exact) mass is 434 g/mol. The Kier molecular flexibility index (Phi) is 7.32. The zero-order valence-electron chi connectivity index (χ0n) is 18.3. The Morgan fingerprint density at radius 3 is 2.22 bits per heavy atom. The molecule has 2 atom stereocenters. The third-order valence-corrected chi connectivity index (χ3v) is 6.36. The molecule has 32 heavy (non-hydrogen) atoms. The van der Waals surface area contributed by atoms with Gasteiger partial charge in [0.25, 0.3) is 0 Å². The van der Waals surface area contributed by atoms with E-state index in [0.717, 1.165) is 42.4 Å². The molecule has 1 aliphatic heterocycles. The lowest BCUT2D eigenvalue weighted by Gasteiger charge is -2.19. The summed E-state index contributed by atoms with van der Waals surface area (Å²) in [6.45, 7) is 1.62. The van der Waals surface area contributed by atoms with Gasteiger partial charge in [0.15, 0.2) is 0 Å². The molecule has 1 saturated carbocycles. The van der Waals surface area contributed by atoms with Crippen LogP contribution < -0.4 is 5.32 Å². The number of carbonyl (C=O) groups is 3. The first-order chi connectivity index (χ1) is 15.6. The van der Waals surface area contributed by atoms with E-state index in [4.69, 9.17) is 4.74 Å². The molecule has 2 fully saturated rings. The van der Waals surface area contributed by atoms with Gasteiger partial charge in [-0.3, -0.25) is 19.3 Å². The molecular formula is C26H30N2O4. The van der Waals surface area contributed by atoms with Crippen LogP contribution >= 0.6 is 0 Å². The number of likely N-dealkylation sites (tertiary alicyclic amines) is 1. The Labute approximate surface area is 188 Å². The molecule has 4 rings (SSSR count). The van der Waals surface area contributed by atoms with Gasteiger partial charge in [-0.2, -0.15) is 0 Å². The van der Waals surface area contributed by atoms with Gasteiger partial charge in [-0.1, -0.05) is 67.4 Å². The molecular weight excluding hydrogens is 404 g/mol. The molecule has 1 saturated heterocycles. The van der Waals surface area contributed by atoms with Gasteiger partial charge in [0.05, 0.1) is 25.0 Å². The molecule has 0 spiro atoms. The predicted octanol–water partition coefficient (Wildman–Crippen LogP) is 3.58. The van der Waals surface area contributed by atoms with Crippen LogP contribution in [-0.4, -0.2) is 29.2 Å². The van der Waals surface area contributed by atoms with Gasteiger partial charge < -0.3 is 10.1 Å². The van der Waals surface area contributed by atoms with Crippen LogP contribution in [-0.2, 0) is 38.9 Å². The molecule has 168 valence electrons. The fourth-order valence-electron chi connectivity index (χ4n) is 4.64. The lowest BCUT2D eigenvalue weighted by atomic mass is 9.81. The molecule has 2 unspecified atom stereocenters. The van der Waals surface area contributed by atoms with Gasteiger partial charge in [0.1, 0.15) is 0 Å². The van der Waals surface area contributed by atoms with Gasteiger partial charge in [0, 0.05) is 19.5 Å². The average molecular weight is 435 g/mol. The number of nitrogens with zero attached hydrogens (tertiary/aromatic N) is 1. The van der Waals surface area contributed by atoms with Crippen LogP contribution in [0.2, 0.25) is 0 Å². The summed E-state index contributed by atoms with van der Waals surface area (Å²) in [7, 11) is 0. The summed E-state index contributed by atoms with van der Waals surface area (Å²) in [5, 5.41) is 2.90. The number of nitrogens with one attached hydrogen (secondary N) is 1. The van der Waals surface area contributed by atoms with Gasteiger partial charge in [-0.25, -0.2) is 0 Å². The summed E-state index contributed by atoms with van der Waals surface area (Å²) >= 11 is 0. The normalized spacial score (nSPS) is 20.3. The van der Waals surface area contributed by atoms with Gasteiger partial charge in [-0.15, -0.1) is 0 Å². The summed E-state index contributed by atoms with van der Waals surface area (Å²) in [5.74, 6) is -0.657. The second-order valence-electron chi connectivity index (χ2n) is 8.65. The number of hydrogen-bond acceptors (Lipinski definition) is 4. The Morgan fingerprint density at radius 1 is 0.875 bits per heavy atom. The SMILES string of the molecule is O=C(CCN1C(=O)C2CCCCC2C1=O)NCc1cccc(COCc2ccccc2)c1. The molecule has 1 N–H and O–H groups in total. The van der Waals surface area contributed by atoms with Crippen molar-refractivity contribution in [2.75, 3.05) is 6.54 Å². The molecule has 0 radical (unpaired) electrons.